The Morgan fingerprint density at radius 2 is 1.62 bits per heavy atom. The molecule has 4 heteroatoms. The van der Waals surface area contributed by atoms with Crippen LogP contribution in [-0.4, -0.2) is 45.9 Å². The summed E-state index contributed by atoms with van der Waals surface area (Å²) in [7, 11) is 7.12. The van der Waals surface area contributed by atoms with Gasteiger partial charge in [-0.15, -0.1) is 0 Å². The van der Waals surface area contributed by atoms with Crippen LogP contribution in [0.15, 0.2) is 48.5 Å². The Morgan fingerprint density at radius 3 is 2.19 bits per heavy atom. The zero-order valence-corrected chi connectivity index (χ0v) is 16.0. The van der Waals surface area contributed by atoms with Crippen molar-refractivity contribution in [3.05, 3.63) is 59.7 Å². The van der Waals surface area contributed by atoms with Crippen molar-refractivity contribution < 1.29 is 14.2 Å². The molecule has 0 aromatic heterocycles. The van der Waals surface area contributed by atoms with Crippen LogP contribution in [0, 0.1) is 0 Å². The molecule has 1 unspecified atom stereocenters. The first-order valence-corrected chi connectivity index (χ1v) is 8.91. The van der Waals surface area contributed by atoms with E-state index in [9.17, 15) is 0 Å². The number of hydrogen-bond donors (Lipinski definition) is 0. The largest absolute Gasteiger partial charge is 0.493 e. The third-order valence-corrected chi connectivity index (χ3v) is 5.01. The minimum Gasteiger partial charge on any atom is -0.493 e. The van der Waals surface area contributed by atoms with Gasteiger partial charge in [0.05, 0.1) is 21.3 Å². The van der Waals surface area contributed by atoms with Crippen LogP contribution in [-0.2, 0) is 6.42 Å². The molecular weight excluding hydrogens is 326 g/mol. The Labute approximate surface area is 156 Å². The van der Waals surface area contributed by atoms with Gasteiger partial charge in [-0.1, -0.05) is 36.4 Å². The summed E-state index contributed by atoms with van der Waals surface area (Å²) in [6.45, 7) is 1.05. The van der Waals surface area contributed by atoms with Crippen LogP contribution in [0.5, 0.6) is 17.2 Å². The molecule has 1 aliphatic heterocycles. The average molecular weight is 353 g/mol. The highest BCUT2D eigenvalue weighted by molar-refractivity contribution is 5.67. The predicted octanol–water partition coefficient (Wildman–Crippen LogP) is 4.04. The van der Waals surface area contributed by atoms with E-state index in [-0.39, 0.29) is 0 Å². The summed E-state index contributed by atoms with van der Waals surface area (Å²) >= 11 is 0. The van der Waals surface area contributed by atoms with E-state index in [0.717, 1.165) is 19.4 Å². The lowest BCUT2D eigenvalue weighted by atomic mass is 9.93. The molecule has 1 heterocycles. The molecule has 0 aliphatic carbocycles. The van der Waals surface area contributed by atoms with Gasteiger partial charge in [-0.2, -0.15) is 0 Å². The fraction of sp³-hybridized carbons (Fsp3) is 0.364. The van der Waals surface area contributed by atoms with Crippen molar-refractivity contribution >= 4 is 5.57 Å². The summed E-state index contributed by atoms with van der Waals surface area (Å²) in [6, 6.07) is 15.1. The SMILES string of the molecule is COc1cc(CC2C=C(c3ccccc3)CCN2C)cc(OC)c1OC. The molecule has 138 valence electrons. The van der Waals surface area contributed by atoms with Gasteiger partial charge in [-0.25, -0.2) is 0 Å². The van der Waals surface area contributed by atoms with E-state index in [1.807, 2.05) is 12.1 Å². The summed E-state index contributed by atoms with van der Waals surface area (Å²) < 4.78 is 16.4. The first-order valence-electron chi connectivity index (χ1n) is 8.91. The number of ether oxygens (including phenoxy) is 3. The molecule has 0 spiro atoms. The van der Waals surface area contributed by atoms with Crippen LogP contribution >= 0.6 is 0 Å². The lowest BCUT2D eigenvalue weighted by molar-refractivity contribution is 0.276. The van der Waals surface area contributed by atoms with E-state index >= 15 is 0 Å². The second kappa shape index (κ2) is 8.28. The highest BCUT2D eigenvalue weighted by atomic mass is 16.5. The molecule has 4 nitrogen and oxygen atoms in total. The number of rotatable bonds is 6. The molecule has 0 radical (unpaired) electrons. The van der Waals surface area contributed by atoms with Crippen molar-refractivity contribution in [3.8, 4) is 17.2 Å². The highest BCUT2D eigenvalue weighted by Gasteiger charge is 2.21. The molecular formula is C22H27NO3. The van der Waals surface area contributed by atoms with Gasteiger partial charge >= 0.3 is 0 Å². The summed E-state index contributed by atoms with van der Waals surface area (Å²) in [5.74, 6) is 2.04. The van der Waals surface area contributed by atoms with Gasteiger partial charge in [0.25, 0.3) is 0 Å². The standard InChI is InChI=1S/C22H27NO3/c1-23-11-10-18(17-8-6-5-7-9-17)15-19(23)12-16-13-20(24-2)22(26-4)21(14-16)25-3/h5-9,13-15,19H,10-12H2,1-4H3. The monoisotopic (exact) mass is 353 g/mol. The Morgan fingerprint density at radius 1 is 0.962 bits per heavy atom. The molecule has 0 bridgehead atoms. The maximum absolute atomic E-state index is 5.49. The van der Waals surface area contributed by atoms with Crippen LogP contribution in [0.2, 0.25) is 0 Å². The van der Waals surface area contributed by atoms with Gasteiger partial charge in [0.15, 0.2) is 11.5 Å². The molecule has 26 heavy (non-hydrogen) atoms. The van der Waals surface area contributed by atoms with Crippen molar-refractivity contribution in [2.45, 2.75) is 18.9 Å². The summed E-state index contributed by atoms with van der Waals surface area (Å²) in [6.07, 6.45) is 4.36. The van der Waals surface area contributed by atoms with Gasteiger partial charge in [0, 0.05) is 12.6 Å². The maximum Gasteiger partial charge on any atom is 0.203 e. The van der Waals surface area contributed by atoms with Crippen molar-refractivity contribution in [1.82, 2.24) is 4.90 Å². The number of hydrogen-bond acceptors (Lipinski definition) is 4. The van der Waals surface area contributed by atoms with E-state index in [4.69, 9.17) is 14.2 Å². The average Bonchev–Trinajstić information content (AvgIpc) is 2.69. The van der Waals surface area contributed by atoms with Gasteiger partial charge in [0.2, 0.25) is 5.75 Å². The molecule has 0 N–H and O–H groups in total. The molecule has 2 aromatic carbocycles. The fourth-order valence-corrected chi connectivity index (χ4v) is 3.51. The number of methoxy groups -OCH3 is 3. The normalized spacial score (nSPS) is 17.5. The van der Waals surface area contributed by atoms with Crippen LogP contribution in [0.3, 0.4) is 0 Å². The Hall–Kier alpha value is -2.46. The lowest BCUT2D eigenvalue weighted by Crippen LogP contribution is -2.36. The van der Waals surface area contributed by atoms with Crippen LogP contribution < -0.4 is 14.2 Å². The number of benzene rings is 2. The van der Waals surface area contributed by atoms with E-state index < -0.39 is 0 Å². The van der Waals surface area contributed by atoms with E-state index in [1.54, 1.807) is 21.3 Å². The van der Waals surface area contributed by atoms with Gasteiger partial charge in [0.1, 0.15) is 0 Å². The van der Waals surface area contributed by atoms with Crippen molar-refractivity contribution in [2.75, 3.05) is 34.9 Å². The van der Waals surface area contributed by atoms with Crippen LogP contribution in [0.4, 0.5) is 0 Å². The zero-order chi connectivity index (χ0) is 18.5. The minimum atomic E-state index is 0.335. The van der Waals surface area contributed by atoms with Crippen LogP contribution in [0.25, 0.3) is 5.57 Å². The minimum absolute atomic E-state index is 0.335. The van der Waals surface area contributed by atoms with E-state index in [1.165, 1.54) is 16.7 Å². The molecule has 0 saturated carbocycles. The number of likely N-dealkylation sites (N-methyl/N-ethyl adjacent to an activating group) is 1. The fourth-order valence-electron chi connectivity index (χ4n) is 3.51. The van der Waals surface area contributed by atoms with Gasteiger partial charge in [-0.05, 0) is 48.7 Å². The lowest BCUT2D eigenvalue weighted by Gasteiger charge is -2.32. The third kappa shape index (κ3) is 3.86. The third-order valence-electron chi connectivity index (χ3n) is 5.01. The summed E-state index contributed by atoms with van der Waals surface area (Å²) in [4.78, 5) is 2.40. The topological polar surface area (TPSA) is 30.9 Å². The second-order valence-corrected chi connectivity index (χ2v) is 6.59. The van der Waals surface area contributed by atoms with Crippen molar-refractivity contribution in [3.63, 3.8) is 0 Å². The molecule has 2 aromatic rings. The molecule has 0 saturated heterocycles. The van der Waals surface area contributed by atoms with E-state index in [2.05, 4.69) is 48.4 Å². The highest BCUT2D eigenvalue weighted by Crippen LogP contribution is 2.39. The number of nitrogens with zero attached hydrogens (tertiary/aromatic N) is 1. The van der Waals surface area contributed by atoms with Crippen molar-refractivity contribution in [1.29, 1.82) is 0 Å². The van der Waals surface area contributed by atoms with Gasteiger partial charge in [-0.3, -0.25) is 4.90 Å². The molecule has 1 aliphatic rings. The smallest absolute Gasteiger partial charge is 0.203 e. The molecule has 3 rings (SSSR count). The van der Waals surface area contributed by atoms with Gasteiger partial charge < -0.3 is 14.2 Å². The summed E-state index contributed by atoms with van der Waals surface area (Å²) in [5, 5.41) is 0. The quantitative estimate of drug-likeness (QED) is 0.784. The first kappa shape index (κ1) is 18.3. The second-order valence-electron chi connectivity index (χ2n) is 6.59. The van der Waals surface area contributed by atoms with E-state index in [0.29, 0.717) is 23.3 Å². The van der Waals surface area contributed by atoms with Crippen molar-refractivity contribution in [2.24, 2.45) is 0 Å². The Bertz CT molecular complexity index is 745. The zero-order valence-electron chi connectivity index (χ0n) is 16.0. The Balaban J connectivity index is 1.89. The molecule has 0 amide bonds. The maximum atomic E-state index is 5.49. The predicted molar refractivity (Wildman–Crippen MR) is 105 cm³/mol. The van der Waals surface area contributed by atoms with Crippen LogP contribution in [0.1, 0.15) is 17.5 Å². The first-order chi connectivity index (χ1) is 12.7. The molecule has 1 atom stereocenters. The summed E-state index contributed by atoms with van der Waals surface area (Å²) in [5.41, 5.74) is 3.90. The molecule has 0 fully saturated rings. The Kier molecular flexibility index (Phi) is 5.84.